The van der Waals surface area contributed by atoms with Crippen molar-refractivity contribution in [3.8, 4) is 0 Å². The molecule has 1 aromatic rings. The molecule has 0 fully saturated rings. The molecule has 0 heterocycles. The second-order valence-electron chi connectivity index (χ2n) is 3.56. The third kappa shape index (κ3) is 2.77. The fourth-order valence-corrected chi connectivity index (χ4v) is 1.22. The van der Waals surface area contributed by atoms with Gasteiger partial charge in [0.1, 0.15) is 5.92 Å². The summed E-state index contributed by atoms with van der Waals surface area (Å²) >= 11 is 0. The molecule has 1 rings (SSSR count). The number of hydrogen-bond acceptors (Lipinski definition) is 2. The number of aliphatic carboxylic acids is 1. The van der Waals surface area contributed by atoms with E-state index in [1.54, 1.807) is 0 Å². The van der Waals surface area contributed by atoms with E-state index in [1.165, 1.54) is 20.0 Å². The zero-order chi connectivity index (χ0) is 13.2. The van der Waals surface area contributed by atoms with Crippen molar-refractivity contribution in [1.82, 2.24) is 0 Å². The van der Waals surface area contributed by atoms with E-state index in [0.29, 0.717) is 0 Å². The Bertz CT molecular complexity index is 462. The highest BCUT2D eigenvalue weighted by Crippen LogP contribution is 2.18. The highest BCUT2D eigenvalue weighted by atomic mass is 19.2. The van der Waals surface area contributed by atoms with Gasteiger partial charge in [-0.1, -0.05) is 0 Å². The van der Waals surface area contributed by atoms with E-state index in [-0.39, 0.29) is 5.69 Å². The van der Waals surface area contributed by atoms with E-state index >= 15 is 0 Å². The fraction of sp³-hybridized carbons (Fsp3) is 0.273. The Hall–Kier alpha value is -1.98. The Labute approximate surface area is 96.5 Å². The molecular weight excluding hydrogens is 232 g/mol. The van der Waals surface area contributed by atoms with Crippen LogP contribution in [0.3, 0.4) is 0 Å². The Morgan fingerprint density at radius 1 is 1.29 bits per heavy atom. The zero-order valence-electron chi connectivity index (χ0n) is 9.28. The number of anilines is 1. The van der Waals surface area contributed by atoms with Crippen molar-refractivity contribution < 1.29 is 23.5 Å². The van der Waals surface area contributed by atoms with Crippen molar-refractivity contribution in [2.45, 2.75) is 6.92 Å². The summed E-state index contributed by atoms with van der Waals surface area (Å²) in [4.78, 5) is 23.2. The Morgan fingerprint density at radius 2 is 1.88 bits per heavy atom. The summed E-state index contributed by atoms with van der Waals surface area (Å²) in [5.74, 6) is -5.34. The van der Waals surface area contributed by atoms with Crippen molar-refractivity contribution in [2.75, 3.05) is 11.9 Å². The van der Waals surface area contributed by atoms with Gasteiger partial charge in [-0.05, 0) is 19.1 Å². The average molecular weight is 243 g/mol. The van der Waals surface area contributed by atoms with E-state index in [2.05, 4.69) is 0 Å². The summed E-state index contributed by atoms with van der Waals surface area (Å²) in [6, 6.07) is 2.91. The first-order valence-corrected chi connectivity index (χ1v) is 4.80. The minimum absolute atomic E-state index is 0.0991. The minimum atomic E-state index is -1.27. The van der Waals surface area contributed by atoms with Gasteiger partial charge in [-0.2, -0.15) is 0 Å². The third-order valence-electron chi connectivity index (χ3n) is 2.36. The van der Waals surface area contributed by atoms with Crippen LogP contribution in [-0.4, -0.2) is 24.0 Å². The number of carbonyl (C=O) groups excluding carboxylic acids is 1. The molecule has 0 saturated carbocycles. The van der Waals surface area contributed by atoms with Crippen LogP contribution in [0.25, 0.3) is 0 Å². The molecule has 0 spiro atoms. The molecule has 0 aliphatic heterocycles. The quantitative estimate of drug-likeness (QED) is 0.821. The molecule has 1 unspecified atom stereocenters. The summed E-state index contributed by atoms with van der Waals surface area (Å²) in [6.07, 6.45) is 0. The summed E-state index contributed by atoms with van der Waals surface area (Å²) in [7, 11) is 1.30. The molecule has 0 bridgehead atoms. The lowest BCUT2D eigenvalue weighted by molar-refractivity contribution is -0.145. The second-order valence-corrected chi connectivity index (χ2v) is 3.56. The lowest BCUT2D eigenvalue weighted by atomic mass is 10.1. The summed E-state index contributed by atoms with van der Waals surface area (Å²) < 4.78 is 25.6. The number of carboxylic acid groups (broad SMARTS) is 1. The molecule has 6 heteroatoms. The normalized spacial score (nSPS) is 12.0. The Kier molecular flexibility index (Phi) is 3.77. The largest absolute Gasteiger partial charge is 0.481 e. The highest BCUT2D eigenvalue weighted by Gasteiger charge is 2.25. The molecule has 0 radical (unpaired) electrons. The van der Waals surface area contributed by atoms with E-state index < -0.39 is 29.4 Å². The molecule has 92 valence electrons. The predicted molar refractivity (Wildman–Crippen MR) is 56.6 cm³/mol. The number of carbonyl (C=O) groups is 2. The van der Waals surface area contributed by atoms with Crippen LogP contribution in [0.15, 0.2) is 18.2 Å². The SMILES string of the molecule is CC(C(=O)O)C(=O)N(C)c1ccc(F)c(F)c1. The number of hydrogen-bond donors (Lipinski definition) is 1. The molecule has 0 aliphatic carbocycles. The molecule has 1 aromatic carbocycles. The first-order valence-electron chi connectivity index (χ1n) is 4.80. The van der Waals surface area contributed by atoms with E-state index in [1.807, 2.05) is 0 Å². The van der Waals surface area contributed by atoms with Gasteiger partial charge in [0.05, 0.1) is 0 Å². The molecule has 0 aliphatic rings. The van der Waals surface area contributed by atoms with Crippen LogP contribution in [0.1, 0.15) is 6.92 Å². The number of halogens is 2. The molecule has 0 aromatic heterocycles. The number of carboxylic acids is 1. The first kappa shape index (κ1) is 13.1. The van der Waals surface area contributed by atoms with Gasteiger partial charge in [-0.25, -0.2) is 8.78 Å². The van der Waals surface area contributed by atoms with E-state index in [4.69, 9.17) is 5.11 Å². The monoisotopic (exact) mass is 243 g/mol. The van der Waals surface area contributed by atoms with Gasteiger partial charge in [0.25, 0.3) is 0 Å². The topological polar surface area (TPSA) is 57.6 Å². The van der Waals surface area contributed by atoms with Crippen molar-refractivity contribution in [2.24, 2.45) is 5.92 Å². The van der Waals surface area contributed by atoms with Crippen LogP contribution in [0.2, 0.25) is 0 Å². The van der Waals surface area contributed by atoms with Gasteiger partial charge in [0.15, 0.2) is 11.6 Å². The summed E-state index contributed by atoms with van der Waals surface area (Å²) in [5.41, 5.74) is 0.0991. The van der Waals surface area contributed by atoms with Gasteiger partial charge < -0.3 is 10.0 Å². The number of rotatable bonds is 3. The highest BCUT2D eigenvalue weighted by molar-refractivity contribution is 6.04. The maximum atomic E-state index is 12.9. The number of amides is 1. The maximum Gasteiger partial charge on any atom is 0.315 e. The van der Waals surface area contributed by atoms with Crippen LogP contribution in [0.4, 0.5) is 14.5 Å². The van der Waals surface area contributed by atoms with Crippen molar-refractivity contribution in [3.63, 3.8) is 0 Å². The second kappa shape index (κ2) is 4.90. The fourth-order valence-electron chi connectivity index (χ4n) is 1.22. The van der Waals surface area contributed by atoms with E-state index in [9.17, 15) is 18.4 Å². The number of nitrogens with zero attached hydrogens (tertiary/aromatic N) is 1. The first-order chi connectivity index (χ1) is 7.84. The van der Waals surface area contributed by atoms with Crippen molar-refractivity contribution >= 4 is 17.6 Å². The van der Waals surface area contributed by atoms with Crippen LogP contribution >= 0.6 is 0 Å². The van der Waals surface area contributed by atoms with Gasteiger partial charge in [0, 0.05) is 18.8 Å². The summed E-state index contributed by atoms with van der Waals surface area (Å²) in [5, 5.41) is 8.67. The van der Waals surface area contributed by atoms with Crippen LogP contribution < -0.4 is 4.90 Å². The molecule has 1 amide bonds. The molecule has 17 heavy (non-hydrogen) atoms. The summed E-state index contributed by atoms with van der Waals surface area (Å²) in [6.45, 7) is 1.22. The predicted octanol–water partition coefficient (Wildman–Crippen LogP) is 1.65. The molecular formula is C11H11F2NO3. The van der Waals surface area contributed by atoms with Crippen LogP contribution in [0, 0.1) is 17.6 Å². The van der Waals surface area contributed by atoms with Crippen molar-refractivity contribution in [1.29, 1.82) is 0 Å². The molecule has 1 atom stereocenters. The third-order valence-corrected chi connectivity index (χ3v) is 2.36. The average Bonchev–Trinajstić information content (AvgIpc) is 2.29. The molecule has 0 saturated heterocycles. The van der Waals surface area contributed by atoms with Crippen molar-refractivity contribution in [3.05, 3.63) is 29.8 Å². The lowest BCUT2D eigenvalue weighted by Crippen LogP contribution is -2.35. The standard InChI is InChI=1S/C11H11F2NO3/c1-6(11(16)17)10(15)14(2)7-3-4-8(12)9(13)5-7/h3-6H,1-2H3,(H,16,17). The number of benzene rings is 1. The zero-order valence-corrected chi connectivity index (χ0v) is 9.28. The Balaban J connectivity index is 2.96. The smallest absolute Gasteiger partial charge is 0.315 e. The van der Waals surface area contributed by atoms with E-state index in [0.717, 1.165) is 17.0 Å². The van der Waals surface area contributed by atoms with Crippen LogP contribution in [-0.2, 0) is 9.59 Å². The molecule has 1 N–H and O–H groups in total. The van der Waals surface area contributed by atoms with Gasteiger partial charge >= 0.3 is 5.97 Å². The van der Waals surface area contributed by atoms with Gasteiger partial charge in [0.2, 0.25) is 5.91 Å². The lowest BCUT2D eigenvalue weighted by Gasteiger charge is -2.19. The molecule has 4 nitrogen and oxygen atoms in total. The van der Waals surface area contributed by atoms with Crippen LogP contribution in [0.5, 0.6) is 0 Å². The van der Waals surface area contributed by atoms with Gasteiger partial charge in [-0.3, -0.25) is 9.59 Å². The minimum Gasteiger partial charge on any atom is -0.481 e. The van der Waals surface area contributed by atoms with Gasteiger partial charge in [-0.15, -0.1) is 0 Å². The Morgan fingerprint density at radius 3 is 2.35 bits per heavy atom. The maximum absolute atomic E-state index is 12.9.